The van der Waals surface area contributed by atoms with E-state index in [9.17, 15) is 4.79 Å². The van der Waals surface area contributed by atoms with Crippen molar-refractivity contribution < 1.29 is 4.79 Å². The van der Waals surface area contributed by atoms with Gasteiger partial charge in [-0.25, -0.2) is 4.98 Å². The minimum absolute atomic E-state index is 0. The predicted molar refractivity (Wildman–Crippen MR) is 120 cm³/mol. The van der Waals surface area contributed by atoms with Gasteiger partial charge in [0.25, 0.3) is 0 Å². The Balaban J connectivity index is 0.00000205. The number of rotatable bonds is 3. The molecule has 1 amide bonds. The van der Waals surface area contributed by atoms with Crippen LogP contribution in [0.3, 0.4) is 0 Å². The molecule has 1 aromatic carbocycles. The molecule has 1 aliphatic carbocycles. The van der Waals surface area contributed by atoms with Gasteiger partial charge in [0.15, 0.2) is 0 Å². The summed E-state index contributed by atoms with van der Waals surface area (Å²) in [6.07, 6.45) is 5.38. The van der Waals surface area contributed by atoms with Gasteiger partial charge in [-0.1, -0.05) is 30.3 Å². The lowest BCUT2D eigenvalue weighted by atomic mass is 9.70. The van der Waals surface area contributed by atoms with Crippen LogP contribution < -0.4 is 5.32 Å². The fraction of sp³-hybridized carbons (Fsp3) is 0.565. The van der Waals surface area contributed by atoms with Crippen LogP contribution in [-0.2, 0) is 10.2 Å². The van der Waals surface area contributed by atoms with Crippen molar-refractivity contribution in [2.24, 2.45) is 11.3 Å². The van der Waals surface area contributed by atoms with Gasteiger partial charge >= 0.3 is 0 Å². The third-order valence-corrected chi connectivity index (χ3v) is 8.23. The molecule has 1 N–H and O–H groups in total. The second-order valence-corrected chi connectivity index (χ2v) is 9.96. The van der Waals surface area contributed by atoms with Gasteiger partial charge in [0.1, 0.15) is 0 Å². The molecule has 2 aromatic rings. The second-order valence-electron chi connectivity index (χ2n) is 8.89. The number of likely N-dealkylation sites (tertiary alicyclic amines) is 1. The first-order valence-electron chi connectivity index (χ1n) is 10.6. The van der Waals surface area contributed by atoms with Gasteiger partial charge in [-0.3, -0.25) is 4.79 Å². The van der Waals surface area contributed by atoms with Crippen LogP contribution in [0.4, 0.5) is 0 Å². The van der Waals surface area contributed by atoms with E-state index in [1.54, 1.807) is 11.3 Å². The zero-order valence-corrected chi connectivity index (χ0v) is 18.7. The van der Waals surface area contributed by atoms with Gasteiger partial charge < -0.3 is 10.2 Å². The number of benzene rings is 1. The smallest absolute Gasteiger partial charge is 0.226 e. The van der Waals surface area contributed by atoms with Gasteiger partial charge in [0.05, 0.1) is 10.7 Å². The lowest BCUT2D eigenvalue weighted by molar-refractivity contribution is -0.135. The maximum Gasteiger partial charge on any atom is 0.226 e. The van der Waals surface area contributed by atoms with Gasteiger partial charge in [-0.2, -0.15) is 0 Å². The van der Waals surface area contributed by atoms with Crippen LogP contribution in [0.15, 0.2) is 35.7 Å². The lowest BCUT2D eigenvalue weighted by Crippen LogP contribution is -2.47. The summed E-state index contributed by atoms with van der Waals surface area (Å²) < 4.78 is 0. The highest BCUT2D eigenvalue weighted by molar-refractivity contribution is 7.09. The van der Waals surface area contributed by atoms with Crippen LogP contribution in [-0.4, -0.2) is 42.0 Å². The normalized spacial score (nSPS) is 24.7. The molecule has 2 aliphatic heterocycles. The molecule has 1 spiro atoms. The van der Waals surface area contributed by atoms with E-state index in [-0.39, 0.29) is 23.7 Å². The van der Waals surface area contributed by atoms with Crippen molar-refractivity contribution in [3.05, 3.63) is 52.0 Å². The number of carbonyl (C=O) groups is 1. The zero-order valence-electron chi connectivity index (χ0n) is 17.0. The average molecular weight is 432 g/mol. The molecule has 156 valence electrons. The number of amides is 1. The van der Waals surface area contributed by atoms with Gasteiger partial charge in [-0.05, 0) is 63.1 Å². The summed E-state index contributed by atoms with van der Waals surface area (Å²) in [5.74, 6) is 0.693. The van der Waals surface area contributed by atoms with Crippen LogP contribution in [0.1, 0.15) is 48.4 Å². The third kappa shape index (κ3) is 3.62. The summed E-state index contributed by atoms with van der Waals surface area (Å²) in [5.41, 5.74) is 2.80. The van der Waals surface area contributed by atoms with Gasteiger partial charge in [0.2, 0.25) is 5.91 Å². The molecule has 3 aliphatic rings. The summed E-state index contributed by atoms with van der Waals surface area (Å²) >= 11 is 1.73. The largest absolute Gasteiger partial charge is 0.342 e. The molecule has 1 atom stereocenters. The number of hydrogen-bond donors (Lipinski definition) is 1. The number of thiazole rings is 1. The monoisotopic (exact) mass is 431 g/mol. The molecule has 2 saturated heterocycles. The average Bonchev–Trinajstić information content (AvgIpc) is 3.24. The van der Waals surface area contributed by atoms with E-state index in [1.165, 1.54) is 24.1 Å². The van der Waals surface area contributed by atoms with Crippen molar-refractivity contribution in [1.29, 1.82) is 0 Å². The molecule has 5 rings (SSSR count). The summed E-state index contributed by atoms with van der Waals surface area (Å²) in [4.78, 5) is 20.2. The van der Waals surface area contributed by atoms with E-state index < -0.39 is 0 Å². The zero-order chi connectivity index (χ0) is 19.2. The molecule has 1 unspecified atom stereocenters. The van der Waals surface area contributed by atoms with E-state index in [0.29, 0.717) is 11.3 Å². The van der Waals surface area contributed by atoms with Crippen molar-refractivity contribution in [3.63, 3.8) is 0 Å². The van der Waals surface area contributed by atoms with E-state index in [0.717, 1.165) is 50.4 Å². The third-order valence-electron chi connectivity index (χ3n) is 7.45. The molecule has 3 fully saturated rings. The van der Waals surface area contributed by atoms with E-state index in [2.05, 4.69) is 52.9 Å². The first-order chi connectivity index (χ1) is 13.6. The molecule has 4 nitrogen and oxygen atoms in total. The van der Waals surface area contributed by atoms with Crippen molar-refractivity contribution in [1.82, 2.24) is 15.2 Å². The van der Waals surface area contributed by atoms with E-state index in [4.69, 9.17) is 4.98 Å². The number of hydrogen-bond acceptors (Lipinski definition) is 4. The predicted octanol–water partition coefficient (Wildman–Crippen LogP) is 4.17. The lowest BCUT2D eigenvalue weighted by Gasteiger charge is -2.42. The van der Waals surface area contributed by atoms with Crippen LogP contribution in [0, 0.1) is 18.3 Å². The van der Waals surface area contributed by atoms with Crippen molar-refractivity contribution in [2.45, 2.75) is 44.4 Å². The minimum Gasteiger partial charge on any atom is -0.342 e. The Hall–Kier alpha value is -1.43. The van der Waals surface area contributed by atoms with Gasteiger partial charge in [-0.15, -0.1) is 23.7 Å². The molecule has 1 aromatic heterocycles. The Kier molecular flexibility index (Phi) is 5.75. The molecule has 6 heteroatoms. The number of piperidine rings is 2. The van der Waals surface area contributed by atoms with Crippen LogP contribution >= 0.6 is 23.7 Å². The Morgan fingerprint density at radius 1 is 1.14 bits per heavy atom. The molecule has 29 heavy (non-hydrogen) atoms. The quantitative estimate of drug-likeness (QED) is 0.793. The summed E-state index contributed by atoms with van der Waals surface area (Å²) in [6, 6.07) is 10.8. The molecule has 0 radical (unpaired) electrons. The first-order valence-corrected chi connectivity index (χ1v) is 11.5. The highest BCUT2D eigenvalue weighted by Gasteiger charge is 2.59. The van der Waals surface area contributed by atoms with E-state index in [1.807, 2.05) is 0 Å². The molecular weight excluding hydrogens is 402 g/mol. The standard InChI is InChI=1S/C23H29N3OS.ClH/c1-17-25-20(16-28-17)23(18-5-3-2-4-6-18)9-13-26(14-10-23)21(27)19-15-22(19)7-11-24-12-8-22;/h2-6,16,19,24H,7-15H2,1H3;1H. The van der Waals surface area contributed by atoms with Crippen LogP contribution in [0.5, 0.6) is 0 Å². The van der Waals surface area contributed by atoms with Crippen molar-refractivity contribution in [2.75, 3.05) is 26.2 Å². The number of nitrogens with zero attached hydrogens (tertiary/aromatic N) is 2. The number of halogens is 1. The number of aromatic nitrogens is 1. The second kappa shape index (κ2) is 8.01. The van der Waals surface area contributed by atoms with Crippen LogP contribution in [0.2, 0.25) is 0 Å². The fourth-order valence-electron chi connectivity index (χ4n) is 5.54. The summed E-state index contributed by atoms with van der Waals surface area (Å²) in [5, 5.41) is 6.78. The molecule has 3 heterocycles. The molecule has 1 saturated carbocycles. The maximum atomic E-state index is 13.2. The summed E-state index contributed by atoms with van der Waals surface area (Å²) in [6.45, 7) is 5.91. The van der Waals surface area contributed by atoms with Crippen molar-refractivity contribution >= 4 is 29.7 Å². The fourth-order valence-corrected chi connectivity index (χ4v) is 6.25. The SMILES string of the molecule is Cc1nc(C2(c3ccccc3)CCN(C(=O)C3CC34CCNCC4)CC2)cs1.Cl. The topological polar surface area (TPSA) is 45.2 Å². The Morgan fingerprint density at radius 2 is 1.83 bits per heavy atom. The summed E-state index contributed by atoms with van der Waals surface area (Å²) in [7, 11) is 0. The number of carbonyl (C=O) groups excluding carboxylic acids is 1. The highest BCUT2D eigenvalue weighted by Crippen LogP contribution is 2.59. The van der Waals surface area contributed by atoms with Crippen molar-refractivity contribution in [3.8, 4) is 0 Å². The minimum atomic E-state index is -0.0567. The van der Waals surface area contributed by atoms with Crippen LogP contribution in [0.25, 0.3) is 0 Å². The van der Waals surface area contributed by atoms with Gasteiger partial charge in [0, 0.05) is 29.8 Å². The molecular formula is C23H30ClN3OS. The molecule has 0 bridgehead atoms. The first kappa shape index (κ1) is 20.8. The Bertz CT molecular complexity index is 854. The van der Waals surface area contributed by atoms with E-state index >= 15 is 0 Å². The highest BCUT2D eigenvalue weighted by atomic mass is 35.5. The number of nitrogens with one attached hydrogen (secondary N) is 1. The number of aryl methyl sites for hydroxylation is 1. The maximum absolute atomic E-state index is 13.2. The Labute approximate surface area is 183 Å². The Morgan fingerprint density at radius 3 is 2.45 bits per heavy atom.